The maximum Gasteiger partial charge on any atom is 0.221 e. The second-order valence-electron chi connectivity index (χ2n) is 2.62. The molecule has 1 rings (SSSR count). The highest BCUT2D eigenvalue weighted by atomic mass is 35.5. The van der Waals surface area contributed by atoms with Gasteiger partial charge in [-0.25, -0.2) is 4.39 Å². The topological polar surface area (TPSA) is 46.2 Å². The SMILES string of the molecule is CC(=O)Nc1ccc(F)c(C=O)c1Cl. The van der Waals surface area contributed by atoms with Gasteiger partial charge < -0.3 is 5.32 Å². The first-order valence-corrected chi connectivity index (χ1v) is 4.15. The van der Waals surface area contributed by atoms with Gasteiger partial charge >= 0.3 is 0 Å². The van der Waals surface area contributed by atoms with E-state index in [0.717, 1.165) is 6.07 Å². The first-order chi connectivity index (χ1) is 6.56. The zero-order valence-corrected chi connectivity index (χ0v) is 8.06. The minimum atomic E-state index is -0.709. The zero-order chi connectivity index (χ0) is 10.7. The van der Waals surface area contributed by atoms with Gasteiger partial charge in [0.1, 0.15) is 5.82 Å². The molecular formula is C9H7ClFNO2. The third-order valence-electron chi connectivity index (χ3n) is 1.56. The van der Waals surface area contributed by atoms with Gasteiger partial charge in [-0.15, -0.1) is 0 Å². The number of halogens is 2. The minimum Gasteiger partial charge on any atom is -0.325 e. The monoisotopic (exact) mass is 215 g/mol. The molecule has 0 aliphatic rings. The molecule has 0 radical (unpaired) electrons. The Labute approximate surface area is 84.9 Å². The van der Waals surface area contributed by atoms with Crippen molar-refractivity contribution in [2.45, 2.75) is 6.92 Å². The average molecular weight is 216 g/mol. The minimum absolute atomic E-state index is 0.0878. The van der Waals surface area contributed by atoms with Crippen LogP contribution in [0, 0.1) is 5.82 Å². The fraction of sp³-hybridized carbons (Fsp3) is 0.111. The number of carbonyl (C=O) groups is 2. The Hall–Kier alpha value is -1.42. The van der Waals surface area contributed by atoms with E-state index in [0.29, 0.717) is 6.29 Å². The second kappa shape index (κ2) is 4.19. The quantitative estimate of drug-likeness (QED) is 0.770. The molecule has 1 aromatic rings. The summed E-state index contributed by atoms with van der Waals surface area (Å²) in [6.45, 7) is 1.29. The number of anilines is 1. The predicted octanol–water partition coefficient (Wildman–Crippen LogP) is 2.25. The number of hydrogen-bond donors (Lipinski definition) is 1. The molecule has 1 N–H and O–H groups in total. The zero-order valence-electron chi connectivity index (χ0n) is 7.30. The van der Waals surface area contributed by atoms with Crippen LogP contribution in [0.2, 0.25) is 5.02 Å². The van der Waals surface area contributed by atoms with Crippen LogP contribution in [0.15, 0.2) is 12.1 Å². The number of rotatable bonds is 2. The molecule has 0 spiro atoms. The molecule has 0 heterocycles. The third kappa shape index (κ3) is 2.09. The van der Waals surface area contributed by atoms with Crippen LogP contribution in [0.5, 0.6) is 0 Å². The van der Waals surface area contributed by atoms with Crippen molar-refractivity contribution in [3.63, 3.8) is 0 Å². The Kier molecular flexibility index (Phi) is 3.19. The van der Waals surface area contributed by atoms with Gasteiger partial charge in [-0.1, -0.05) is 11.6 Å². The summed E-state index contributed by atoms with van der Waals surface area (Å²) in [6, 6.07) is 2.37. The highest BCUT2D eigenvalue weighted by Gasteiger charge is 2.11. The maximum atomic E-state index is 12.9. The molecule has 0 aromatic heterocycles. The summed E-state index contributed by atoms with van der Waals surface area (Å²) in [4.78, 5) is 21.1. The number of nitrogens with one attached hydrogen (secondary N) is 1. The lowest BCUT2D eigenvalue weighted by molar-refractivity contribution is -0.114. The molecule has 1 aromatic carbocycles. The van der Waals surface area contributed by atoms with E-state index in [1.165, 1.54) is 13.0 Å². The van der Waals surface area contributed by atoms with Crippen LogP contribution in [0.25, 0.3) is 0 Å². The summed E-state index contributed by atoms with van der Waals surface area (Å²) in [5.41, 5.74) is -0.0272. The fourth-order valence-corrected chi connectivity index (χ4v) is 1.21. The molecule has 0 saturated carbocycles. The largest absolute Gasteiger partial charge is 0.325 e. The van der Waals surface area contributed by atoms with E-state index in [1.54, 1.807) is 0 Å². The Morgan fingerprint density at radius 3 is 2.71 bits per heavy atom. The van der Waals surface area contributed by atoms with Crippen molar-refractivity contribution in [3.05, 3.63) is 28.5 Å². The number of aldehydes is 1. The molecule has 5 heteroatoms. The Morgan fingerprint density at radius 1 is 1.57 bits per heavy atom. The molecule has 1 amide bonds. The molecule has 0 saturated heterocycles. The molecule has 0 fully saturated rings. The molecule has 0 unspecified atom stereocenters. The van der Waals surface area contributed by atoms with E-state index in [2.05, 4.69) is 5.32 Å². The van der Waals surface area contributed by atoms with Gasteiger partial charge in [0.25, 0.3) is 0 Å². The lowest BCUT2D eigenvalue weighted by Gasteiger charge is -2.06. The standard InChI is InChI=1S/C9H7ClFNO2/c1-5(14)12-8-3-2-7(11)6(4-13)9(8)10/h2-4H,1H3,(H,12,14). The highest BCUT2D eigenvalue weighted by Crippen LogP contribution is 2.26. The number of amides is 1. The van der Waals surface area contributed by atoms with Crippen molar-refractivity contribution in [2.75, 3.05) is 5.32 Å². The van der Waals surface area contributed by atoms with Crippen molar-refractivity contribution in [2.24, 2.45) is 0 Å². The van der Waals surface area contributed by atoms with Crippen LogP contribution in [-0.4, -0.2) is 12.2 Å². The molecule has 0 aliphatic carbocycles. The van der Waals surface area contributed by atoms with Gasteiger partial charge in [-0.05, 0) is 12.1 Å². The average Bonchev–Trinajstić information content (AvgIpc) is 2.10. The van der Waals surface area contributed by atoms with E-state index in [-0.39, 0.29) is 22.2 Å². The molecule has 0 bridgehead atoms. The maximum absolute atomic E-state index is 12.9. The van der Waals surface area contributed by atoms with Crippen molar-refractivity contribution in [3.8, 4) is 0 Å². The molecule has 3 nitrogen and oxygen atoms in total. The van der Waals surface area contributed by atoms with Crippen molar-refractivity contribution in [1.29, 1.82) is 0 Å². The van der Waals surface area contributed by atoms with E-state index in [4.69, 9.17) is 11.6 Å². The van der Waals surface area contributed by atoms with E-state index in [1.807, 2.05) is 0 Å². The summed E-state index contributed by atoms with van der Waals surface area (Å²) in [5, 5.41) is 2.29. The summed E-state index contributed by atoms with van der Waals surface area (Å²) in [6.07, 6.45) is 0.309. The van der Waals surface area contributed by atoms with Crippen LogP contribution in [0.3, 0.4) is 0 Å². The van der Waals surface area contributed by atoms with Crippen molar-refractivity contribution in [1.82, 2.24) is 0 Å². The summed E-state index contributed by atoms with van der Waals surface area (Å²) < 4.78 is 12.9. The van der Waals surface area contributed by atoms with Gasteiger partial charge in [0.2, 0.25) is 5.91 Å². The van der Waals surface area contributed by atoms with Crippen LogP contribution in [0.1, 0.15) is 17.3 Å². The lowest BCUT2D eigenvalue weighted by atomic mass is 10.2. The van der Waals surface area contributed by atoms with E-state index >= 15 is 0 Å². The third-order valence-corrected chi connectivity index (χ3v) is 1.96. The summed E-state index contributed by atoms with van der Waals surface area (Å²) in [5.74, 6) is -1.05. The Bertz CT molecular complexity index is 393. The lowest BCUT2D eigenvalue weighted by Crippen LogP contribution is -2.07. The van der Waals surface area contributed by atoms with Crippen LogP contribution >= 0.6 is 11.6 Å². The fourth-order valence-electron chi connectivity index (χ4n) is 0.964. The van der Waals surface area contributed by atoms with Crippen molar-refractivity contribution >= 4 is 29.5 Å². The van der Waals surface area contributed by atoms with Gasteiger partial charge in [0.15, 0.2) is 6.29 Å². The smallest absolute Gasteiger partial charge is 0.221 e. The highest BCUT2D eigenvalue weighted by molar-refractivity contribution is 6.36. The molecule has 0 atom stereocenters. The molecular weight excluding hydrogens is 209 g/mol. The Balaban J connectivity index is 3.20. The normalized spacial score (nSPS) is 9.64. The first-order valence-electron chi connectivity index (χ1n) is 3.77. The number of benzene rings is 1. The van der Waals surface area contributed by atoms with E-state index in [9.17, 15) is 14.0 Å². The van der Waals surface area contributed by atoms with E-state index < -0.39 is 5.82 Å². The van der Waals surface area contributed by atoms with Crippen molar-refractivity contribution < 1.29 is 14.0 Å². The molecule has 14 heavy (non-hydrogen) atoms. The number of hydrogen-bond acceptors (Lipinski definition) is 2. The van der Waals surface area contributed by atoms with Gasteiger partial charge in [-0.2, -0.15) is 0 Å². The van der Waals surface area contributed by atoms with Crippen LogP contribution in [-0.2, 0) is 4.79 Å². The van der Waals surface area contributed by atoms with Crippen LogP contribution < -0.4 is 5.32 Å². The Morgan fingerprint density at radius 2 is 2.21 bits per heavy atom. The molecule has 0 aliphatic heterocycles. The second-order valence-corrected chi connectivity index (χ2v) is 3.00. The van der Waals surface area contributed by atoms with Gasteiger partial charge in [-0.3, -0.25) is 9.59 Å². The first kappa shape index (κ1) is 10.7. The van der Waals surface area contributed by atoms with Crippen LogP contribution in [0.4, 0.5) is 10.1 Å². The van der Waals surface area contributed by atoms with Gasteiger partial charge in [0, 0.05) is 6.92 Å². The number of carbonyl (C=O) groups excluding carboxylic acids is 2. The summed E-state index contributed by atoms with van der Waals surface area (Å²) in [7, 11) is 0. The predicted molar refractivity (Wildman–Crippen MR) is 51.1 cm³/mol. The molecule has 74 valence electrons. The van der Waals surface area contributed by atoms with Gasteiger partial charge in [0.05, 0.1) is 16.3 Å². The summed E-state index contributed by atoms with van der Waals surface area (Å²) >= 11 is 5.67.